The fourth-order valence-corrected chi connectivity index (χ4v) is 14.9. The number of unbranched alkanes of at least 4 members (excludes halogenated alkanes) is 12. The topological polar surface area (TPSA) is 344 Å². The fraction of sp³-hybridized carbons (Fsp3) is 0.811. The van der Waals surface area contributed by atoms with Crippen LogP contribution < -0.4 is 20.7 Å². The van der Waals surface area contributed by atoms with Crippen molar-refractivity contribution in [2.75, 3.05) is 92.4 Å². The minimum atomic E-state index is -2.39. The minimum absolute atomic E-state index is 0.0111. The Hall–Kier alpha value is -6.52. The summed E-state index contributed by atoms with van der Waals surface area (Å²) < 4.78 is 145. The average molecular weight is 1750 g/mol. The van der Waals surface area contributed by atoms with Crippen molar-refractivity contribution in [3.05, 3.63) is 29.1 Å². The summed E-state index contributed by atoms with van der Waals surface area (Å²) in [6.07, 6.45) is 10.3. The number of nitrogens with one attached hydrogen (secondary N) is 3. The van der Waals surface area contributed by atoms with Gasteiger partial charge in [-0.3, -0.25) is 52.7 Å². The highest BCUT2D eigenvalue weighted by Crippen LogP contribution is 2.39. The van der Waals surface area contributed by atoms with Crippen molar-refractivity contribution in [2.45, 2.75) is 325 Å². The summed E-state index contributed by atoms with van der Waals surface area (Å²) in [4.78, 5) is 139. The Labute approximate surface area is 719 Å². The monoisotopic (exact) mass is 1750 g/mol. The Balaban J connectivity index is 1.30. The standard InChI is InChI=1S/C90H144F5N3O24/c1-58-61(4)74(52-116-67(10)99)119-87(64(58)7)113-46-28-25-36-70(102)32-19-17-21-34-72(104)41-49-110-55-90(98-79(108)39-23-15-13-14-16-24-40-80(109)122-86-84(94)82(92)81(91)83(93)85(86)95,56-111-50-42-73(105)35-22-18-20-33-71(103)37-26-29-47-114-88-65(8)59(2)62(5)75(120-88)53-117-68(11)100)57-112-51-43-78(107)97-45-31-44-96-77(106)38-27-30-48-115-89-66(9)60(3)63(6)76(121-89)54-118-69(12)101/h58-66,74-76,87-89H,13-57H2,1-12H3,(H,96,106)(H,97,107)(H,98,108)/t58-,59-,60-,61+,62+,63+,64?,65?,66?,74?,75?,76?,87+,88+,89+,90?/m0/s1. The van der Waals surface area contributed by atoms with E-state index in [0.717, 1.165) is 0 Å². The second-order valence-corrected chi connectivity index (χ2v) is 33.8. The highest BCUT2D eigenvalue weighted by molar-refractivity contribution is 5.80. The van der Waals surface area contributed by atoms with Gasteiger partial charge in [0.15, 0.2) is 18.9 Å². The number of benzene rings is 1. The first-order chi connectivity index (χ1) is 58.1. The van der Waals surface area contributed by atoms with Gasteiger partial charge in [-0.1, -0.05) is 101 Å². The molecule has 27 nitrogen and oxygen atoms in total. The molecule has 15 atom stereocenters. The lowest BCUT2D eigenvalue weighted by atomic mass is 9.79. The zero-order chi connectivity index (χ0) is 90.1. The summed E-state index contributed by atoms with van der Waals surface area (Å²) in [5, 5.41) is 8.76. The van der Waals surface area contributed by atoms with E-state index >= 15 is 0 Å². The Kier molecular flexibility index (Phi) is 53.2. The number of esters is 4. The second-order valence-electron chi connectivity index (χ2n) is 33.8. The molecule has 3 amide bonds. The molecule has 6 unspecified atom stereocenters. The number of hydrogen-bond donors (Lipinski definition) is 3. The van der Waals surface area contributed by atoms with Gasteiger partial charge in [-0.25, -0.2) is 13.2 Å². The van der Waals surface area contributed by atoms with E-state index in [9.17, 15) is 74.7 Å². The summed E-state index contributed by atoms with van der Waals surface area (Å²) in [5.74, 6) is -14.5. The maximum Gasteiger partial charge on any atom is 0.311 e. The molecule has 3 aliphatic heterocycles. The molecule has 3 fully saturated rings. The number of carbonyl (C=O) groups is 11. The Morgan fingerprint density at radius 2 is 0.598 bits per heavy atom. The van der Waals surface area contributed by atoms with Crippen molar-refractivity contribution in [2.24, 2.45) is 53.3 Å². The van der Waals surface area contributed by atoms with Gasteiger partial charge in [-0.15, -0.1) is 0 Å². The van der Waals surface area contributed by atoms with Gasteiger partial charge in [-0.05, 0) is 119 Å². The maximum absolute atomic E-state index is 14.1. The number of ketones is 4. The molecule has 3 heterocycles. The van der Waals surface area contributed by atoms with E-state index in [2.05, 4.69) is 83.0 Å². The summed E-state index contributed by atoms with van der Waals surface area (Å²) in [5.41, 5.74) is -1.42. The molecule has 32 heteroatoms. The number of rotatable bonds is 66. The molecule has 122 heavy (non-hydrogen) atoms. The average Bonchev–Trinajstić information content (AvgIpc) is 0.798. The highest BCUT2D eigenvalue weighted by atomic mass is 19.2. The van der Waals surface area contributed by atoms with E-state index in [1.165, 1.54) is 20.8 Å². The lowest BCUT2D eigenvalue weighted by molar-refractivity contribution is -0.255. The number of hydrogen-bond acceptors (Lipinski definition) is 24. The summed E-state index contributed by atoms with van der Waals surface area (Å²) in [6, 6.07) is 0. The van der Waals surface area contributed by atoms with E-state index in [1.54, 1.807) is 0 Å². The number of Topliss-reactive ketones (excluding diaryl/α,β-unsaturated/α-hetero) is 4. The fourth-order valence-electron chi connectivity index (χ4n) is 14.9. The third kappa shape index (κ3) is 42.2. The largest absolute Gasteiger partial charge is 0.463 e. The predicted octanol–water partition coefficient (Wildman–Crippen LogP) is 14.4. The molecule has 3 N–H and O–H groups in total. The summed E-state index contributed by atoms with van der Waals surface area (Å²) in [6.45, 7) is 24.3. The van der Waals surface area contributed by atoms with Crippen LogP contribution in [0.5, 0.6) is 5.75 Å². The first-order valence-electron chi connectivity index (χ1n) is 44.7. The predicted molar refractivity (Wildman–Crippen MR) is 441 cm³/mol. The smallest absolute Gasteiger partial charge is 0.311 e. The molecule has 0 radical (unpaired) electrons. The van der Waals surface area contributed by atoms with Gasteiger partial charge in [0.25, 0.3) is 0 Å². The van der Waals surface area contributed by atoms with Crippen LogP contribution >= 0.6 is 0 Å². The normalized spacial score (nSPS) is 23.2. The number of halogens is 5. The lowest BCUT2D eigenvalue weighted by Crippen LogP contribution is -2.58. The lowest BCUT2D eigenvalue weighted by Gasteiger charge is -2.43. The van der Waals surface area contributed by atoms with Crippen LogP contribution in [0.25, 0.3) is 0 Å². The molecule has 0 bridgehead atoms. The van der Waals surface area contributed by atoms with Crippen molar-refractivity contribution in [1.29, 1.82) is 0 Å². The summed E-state index contributed by atoms with van der Waals surface area (Å²) >= 11 is 0. The molecular formula is C90H144F5N3O24. The molecule has 698 valence electrons. The van der Waals surface area contributed by atoms with E-state index in [4.69, 9.17) is 56.8 Å². The molecule has 0 spiro atoms. The zero-order valence-electron chi connectivity index (χ0n) is 74.7. The van der Waals surface area contributed by atoms with Crippen LogP contribution in [-0.2, 0) is 110 Å². The van der Waals surface area contributed by atoms with Crippen molar-refractivity contribution < 1.29 is 136 Å². The molecule has 1 aromatic carbocycles. The van der Waals surface area contributed by atoms with Crippen molar-refractivity contribution in [3.8, 4) is 5.75 Å². The van der Waals surface area contributed by atoms with Gasteiger partial charge in [0.05, 0.1) is 58.0 Å². The van der Waals surface area contributed by atoms with Crippen LogP contribution in [0, 0.1) is 82.3 Å². The van der Waals surface area contributed by atoms with Crippen LogP contribution in [0.3, 0.4) is 0 Å². The van der Waals surface area contributed by atoms with Gasteiger partial charge in [-0.2, -0.15) is 8.78 Å². The van der Waals surface area contributed by atoms with E-state index in [0.29, 0.717) is 168 Å². The van der Waals surface area contributed by atoms with Crippen LogP contribution in [-0.4, -0.2) is 200 Å². The van der Waals surface area contributed by atoms with Gasteiger partial charge >= 0.3 is 23.9 Å². The number of amides is 3. The van der Waals surface area contributed by atoms with Gasteiger partial charge in [0.2, 0.25) is 52.6 Å². The quantitative estimate of drug-likeness (QED) is 0.0104. The van der Waals surface area contributed by atoms with Gasteiger partial charge in [0, 0.05) is 148 Å². The van der Waals surface area contributed by atoms with Crippen LogP contribution in [0.15, 0.2) is 0 Å². The van der Waals surface area contributed by atoms with E-state index in [-0.39, 0.29) is 248 Å². The SMILES string of the molecule is CC(=O)OCC1O[C@@H](OCCCCC(=O)CCCCCC(=O)CCOCC(COCCC(=O)CCCCCC(=O)CCCCO[C@@H]2OC(COC(C)=O)[C@H](C)[C@H](C)C2C)(COCCC(=O)NCCCNC(=O)CCCCO[C@@H]2OC(COC(C)=O)[C@H](C)[C@H](C)C2C)NC(=O)CCCCCCCCC(=O)Oc2c(F)c(F)c(F)c(F)c2F)C(C)[C@@H](C)[C@H]1C. The van der Waals surface area contributed by atoms with Crippen LogP contribution in [0.1, 0.15) is 282 Å². The van der Waals surface area contributed by atoms with E-state index < -0.39 is 71.1 Å². The maximum atomic E-state index is 14.1. The molecule has 0 aromatic heterocycles. The van der Waals surface area contributed by atoms with E-state index in [1.807, 2.05) is 0 Å². The molecule has 0 saturated carbocycles. The van der Waals surface area contributed by atoms with Gasteiger partial charge < -0.3 is 77.5 Å². The molecular weight excluding hydrogens is 1600 g/mol. The molecule has 0 aliphatic carbocycles. The Morgan fingerprint density at radius 3 is 0.967 bits per heavy atom. The Bertz CT molecular complexity index is 3060. The number of ether oxygens (including phenoxy) is 13. The second kappa shape index (κ2) is 60.2. The first-order valence-corrected chi connectivity index (χ1v) is 44.7. The summed E-state index contributed by atoms with van der Waals surface area (Å²) in [7, 11) is 0. The van der Waals surface area contributed by atoms with Crippen molar-refractivity contribution >= 4 is 64.7 Å². The highest BCUT2D eigenvalue weighted by Gasteiger charge is 2.44. The Morgan fingerprint density at radius 1 is 0.311 bits per heavy atom. The van der Waals surface area contributed by atoms with Crippen molar-refractivity contribution in [1.82, 2.24) is 16.0 Å². The molecule has 1 aromatic rings. The molecule has 3 aliphatic rings. The van der Waals surface area contributed by atoms with Crippen molar-refractivity contribution in [3.63, 3.8) is 0 Å². The third-order valence-corrected chi connectivity index (χ3v) is 24.0. The zero-order valence-corrected chi connectivity index (χ0v) is 74.7. The third-order valence-electron chi connectivity index (χ3n) is 24.0. The molecule has 3 saturated heterocycles. The van der Waals surface area contributed by atoms with Crippen LogP contribution in [0.4, 0.5) is 22.0 Å². The molecule has 4 rings (SSSR count). The first kappa shape index (κ1) is 108. The van der Waals surface area contributed by atoms with Gasteiger partial charge in [0.1, 0.15) is 48.5 Å². The number of carbonyl (C=O) groups excluding carboxylic acids is 11. The minimum Gasteiger partial charge on any atom is -0.463 e. The van der Waals surface area contributed by atoms with Crippen LogP contribution in [0.2, 0.25) is 0 Å².